The zero-order valence-electron chi connectivity index (χ0n) is 21.1. The molecule has 2 aliphatic rings. The maximum absolute atomic E-state index is 11.5. The van der Waals surface area contributed by atoms with Crippen LogP contribution in [0.2, 0.25) is 0 Å². The predicted molar refractivity (Wildman–Crippen MR) is 148 cm³/mol. The van der Waals surface area contributed by atoms with Crippen LogP contribution in [0, 0.1) is 0 Å². The third-order valence-corrected chi connectivity index (χ3v) is 5.20. The number of piperidine rings is 2. The quantitative estimate of drug-likeness (QED) is 0.470. The van der Waals surface area contributed by atoms with Crippen molar-refractivity contribution in [2.45, 2.75) is 71.7 Å². The van der Waals surface area contributed by atoms with Crippen molar-refractivity contribution in [2.24, 2.45) is 0 Å². The summed E-state index contributed by atoms with van der Waals surface area (Å²) in [6.45, 7) is 8.90. The van der Waals surface area contributed by atoms with E-state index >= 15 is 0 Å². The Hall–Kier alpha value is -2.48. The Morgan fingerprint density at radius 2 is 1.42 bits per heavy atom. The number of amides is 1. The van der Waals surface area contributed by atoms with Gasteiger partial charge in [0.15, 0.2) is 0 Å². The van der Waals surface area contributed by atoms with Gasteiger partial charge in [0, 0.05) is 13.1 Å². The van der Waals surface area contributed by atoms with Crippen molar-refractivity contribution in [3.63, 3.8) is 0 Å². The molecule has 2 aromatic carbocycles. The van der Waals surface area contributed by atoms with E-state index in [4.69, 9.17) is 14.6 Å². The average Bonchev–Trinajstić information content (AvgIpc) is 2.81. The molecule has 1 amide bonds. The molecule has 2 aliphatic heterocycles. The number of para-hydroxylation sites is 2. The van der Waals surface area contributed by atoms with Crippen molar-refractivity contribution in [2.75, 3.05) is 26.2 Å². The highest BCUT2D eigenvalue weighted by Gasteiger charge is 2.25. The lowest BCUT2D eigenvalue weighted by molar-refractivity contribution is 0.0101. The molecule has 2 saturated heterocycles. The molecular weight excluding hydrogens is 480 g/mol. The molecule has 4 rings (SSSR count). The van der Waals surface area contributed by atoms with Crippen molar-refractivity contribution >= 4 is 18.5 Å². The van der Waals surface area contributed by atoms with Gasteiger partial charge in [0.1, 0.15) is 23.2 Å². The number of halogens is 1. The summed E-state index contributed by atoms with van der Waals surface area (Å²) in [5.41, 5.74) is -0.437. The zero-order chi connectivity index (χ0) is 24.8. The number of hydrogen-bond donors (Lipinski definition) is 3. The van der Waals surface area contributed by atoms with Gasteiger partial charge >= 0.3 is 6.09 Å². The summed E-state index contributed by atoms with van der Waals surface area (Å²) >= 11 is 0. The number of aromatic hydroxyl groups is 1. The van der Waals surface area contributed by atoms with Gasteiger partial charge in [-0.2, -0.15) is 0 Å². The number of phenolic OH excluding ortho intramolecular Hbond substituents is 1. The molecule has 8 heteroatoms. The van der Waals surface area contributed by atoms with Gasteiger partial charge < -0.3 is 29.9 Å². The van der Waals surface area contributed by atoms with Gasteiger partial charge in [-0.3, -0.25) is 0 Å². The minimum atomic E-state index is -0.437. The maximum Gasteiger partial charge on any atom is 0.410 e. The van der Waals surface area contributed by atoms with Crippen LogP contribution < -0.4 is 10.1 Å². The van der Waals surface area contributed by atoms with E-state index in [1.54, 1.807) is 29.2 Å². The number of aliphatic hydroxyl groups excluding tert-OH is 1. The first-order valence-corrected chi connectivity index (χ1v) is 12.1. The van der Waals surface area contributed by atoms with Crippen LogP contribution in [0.5, 0.6) is 11.5 Å². The highest BCUT2D eigenvalue weighted by atomic mass is 35.5. The van der Waals surface area contributed by atoms with Crippen LogP contribution in [0.3, 0.4) is 0 Å². The summed E-state index contributed by atoms with van der Waals surface area (Å²) in [5.74, 6) is 1.32. The minimum absolute atomic E-state index is 0. The monoisotopic (exact) mass is 524 g/mol. The average molecular weight is 525 g/mol. The van der Waals surface area contributed by atoms with Crippen molar-refractivity contribution in [3.8, 4) is 11.5 Å². The fraction of sp³-hybridized carbons (Fsp3) is 0.536. The first-order chi connectivity index (χ1) is 16.2. The number of nitrogens with one attached hydrogen (secondary N) is 1. The van der Waals surface area contributed by atoms with E-state index in [-0.39, 0.29) is 32.0 Å². The summed E-state index contributed by atoms with van der Waals surface area (Å²) in [6.07, 6.45) is 3.42. The first-order valence-electron chi connectivity index (χ1n) is 12.1. The Kier molecular flexibility index (Phi) is 16.6. The lowest BCUT2D eigenvalue weighted by Gasteiger charge is -2.31. The van der Waals surface area contributed by atoms with Gasteiger partial charge in [0.2, 0.25) is 0 Å². The Morgan fingerprint density at radius 3 is 1.86 bits per heavy atom. The van der Waals surface area contributed by atoms with E-state index in [1.165, 1.54) is 0 Å². The number of likely N-dealkylation sites (tertiary alicyclic amines) is 1. The largest absolute Gasteiger partial charge is 0.508 e. The topological polar surface area (TPSA) is 91.3 Å². The van der Waals surface area contributed by atoms with Crippen LogP contribution in [0.25, 0.3) is 0 Å². The van der Waals surface area contributed by atoms with E-state index in [9.17, 15) is 9.90 Å². The number of nitrogens with zero attached hydrogens (tertiary/aromatic N) is 1. The van der Waals surface area contributed by atoms with Gasteiger partial charge in [0.05, 0.1) is 6.10 Å². The molecule has 0 aliphatic carbocycles. The lowest BCUT2D eigenvalue weighted by atomic mass is 10.1. The highest BCUT2D eigenvalue weighted by molar-refractivity contribution is 5.85. The second kappa shape index (κ2) is 17.9. The number of phenols is 1. The molecular formula is C28H45ClN2O5. The number of hydrogen-bond acceptors (Lipinski definition) is 6. The van der Waals surface area contributed by atoms with E-state index in [2.05, 4.69) is 5.32 Å². The number of carbonyl (C=O) groups is 1. The second-order valence-corrected chi connectivity index (χ2v) is 9.41. The lowest BCUT2D eigenvalue weighted by Crippen LogP contribution is -2.42. The second-order valence-electron chi connectivity index (χ2n) is 9.41. The third kappa shape index (κ3) is 14.8. The van der Waals surface area contributed by atoms with Crippen LogP contribution in [-0.2, 0) is 4.74 Å². The number of benzene rings is 2. The molecule has 0 saturated carbocycles. The van der Waals surface area contributed by atoms with Crippen LogP contribution in [0.15, 0.2) is 60.7 Å². The van der Waals surface area contributed by atoms with Gasteiger partial charge in [-0.05, 0) is 83.8 Å². The fourth-order valence-electron chi connectivity index (χ4n) is 3.41. The number of rotatable bonds is 2. The molecule has 36 heavy (non-hydrogen) atoms. The number of ether oxygens (including phenoxy) is 2. The Morgan fingerprint density at radius 1 is 0.917 bits per heavy atom. The molecule has 0 atom stereocenters. The summed E-state index contributed by atoms with van der Waals surface area (Å²) < 4.78 is 11.0. The van der Waals surface area contributed by atoms with Gasteiger partial charge in [-0.1, -0.05) is 43.8 Å². The van der Waals surface area contributed by atoms with E-state index in [0.29, 0.717) is 37.8 Å². The first kappa shape index (κ1) is 33.5. The summed E-state index contributed by atoms with van der Waals surface area (Å²) in [4.78, 5) is 13.2. The molecule has 0 radical (unpaired) electrons. The van der Waals surface area contributed by atoms with Crippen molar-refractivity contribution in [1.82, 2.24) is 10.2 Å². The molecule has 7 nitrogen and oxygen atoms in total. The number of carbonyl (C=O) groups excluding carboxylic acids is 1. The van der Waals surface area contributed by atoms with Crippen LogP contribution in [0.4, 0.5) is 4.79 Å². The third-order valence-electron chi connectivity index (χ3n) is 5.20. The molecule has 204 valence electrons. The Bertz CT molecular complexity index is 804. The molecule has 3 N–H and O–H groups in total. The highest BCUT2D eigenvalue weighted by Crippen LogP contribution is 2.16. The Labute approximate surface area is 223 Å². The normalized spacial score (nSPS) is 15.9. The van der Waals surface area contributed by atoms with Crippen LogP contribution >= 0.6 is 12.4 Å². The maximum atomic E-state index is 11.5. The summed E-state index contributed by atoms with van der Waals surface area (Å²) in [7, 11) is 0. The molecule has 0 aromatic heterocycles. The zero-order valence-corrected chi connectivity index (χ0v) is 21.9. The van der Waals surface area contributed by atoms with Gasteiger partial charge in [-0.15, -0.1) is 12.4 Å². The Balaban J connectivity index is 0.000000520. The van der Waals surface area contributed by atoms with Gasteiger partial charge in [0.25, 0.3) is 0 Å². The smallest absolute Gasteiger partial charge is 0.410 e. The summed E-state index contributed by atoms with van der Waals surface area (Å²) in [5, 5.41) is 21.2. The van der Waals surface area contributed by atoms with Crippen molar-refractivity contribution in [3.05, 3.63) is 60.7 Å². The van der Waals surface area contributed by atoms with E-state index < -0.39 is 5.60 Å². The van der Waals surface area contributed by atoms with Crippen molar-refractivity contribution < 1.29 is 24.5 Å². The number of aliphatic hydroxyl groups is 1. The summed E-state index contributed by atoms with van der Waals surface area (Å²) in [6, 6.07) is 18.8. The SMILES string of the molecule is C.CC(C)(C)OC(=O)N1CCC(O)CC1.Cl.Oc1ccccc1.c1ccc(OC2CCNCC2)cc1. The predicted octanol–water partition coefficient (Wildman–Crippen LogP) is 5.65. The molecule has 0 bridgehead atoms. The molecule has 2 heterocycles. The van der Waals surface area contributed by atoms with E-state index in [1.807, 2.05) is 57.2 Å². The standard InChI is InChI=1S/C11H15NO.C10H19NO3.C6H6O.CH4.ClH/c1-2-4-10(5-3-1)13-11-6-8-12-9-7-11;1-10(2,3)14-9(13)11-6-4-8(12)5-7-11;7-6-4-2-1-3-5-6;;/h1-5,11-12H,6-9H2;8,12H,4-7H2,1-3H3;1-5,7H;1H4;1H. The van der Waals surface area contributed by atoms with E-state index in [0.717, 1.165) is 31.7 Å². The molecule has 2 aromatic rings. The minimum Gasteiger partial charge on any atom is -0.508 e. The van der Waals surface area contributed by atoms with Gasteiger partial charge in [-0.25, -0.2) is 4.79 Å². The molecule has 0 spiro atoms. The fourth-order valence-corrected chi connectivity index (χ4v) is 3.41. The molecule has 0 unspecified atom stereocenters. The van der Waals surface area contributed by atoms with Crippen LogP contribution in [-0.4, -0.2) is 65.2 Å². The molecule has 2 fully saturated rings. The van der Waals surface area contributed by atoms with Crippen molar-refractivity contribution in [1.29, 1.82) is 0 Å². The van der Waals surface area contributed by atoms with Crippen LogP contribution in [0.1, 0.15) is 53.9 Å².